The summed E-state index contributed by atoms with van der Waals surface area (Å²) in [6.45, 7) is 0. The first-order valence-corrected chi connectivity index (χ1v) is 4.31. The topological polar surface area (TPSA) is 58.9 Å². The van der Waals surface area contributed by atoms with Gasteiger partial charge in [-0.15, -0.1) is 0 Å². The van der Waals surface area contributed by atoms with Crippen LogP contribution in [0, 0.1) is 0 Å². The Morgan fingerprint density at radius 2 is 2.00 bits per heavy atom. The first-order chi connectivity index (χ1) is 6.79. The minimum atomic E-state index is -0.401. The maximum Gasteiger partial charge on any atom is 0.249 e. The number of hydrogen-bond donors (Lipinski definition) is 2. The molecule has 0 atom stereocenters. The molecule has 14 heavy (non-hydrogen) atoms. The summed E-state index contributed by atoms with van der Waals surface area (Å²) in [4.78, 5) is 14.1. The lowest BCUT2D eigenvalue weighted by Crippen LogP contribution is -2.11. The lowest BCUT2D eigenvalue weighted by molar-refractivity contribution is 0.100. The van der Waals surface area contributed by atoms with Crippen molar-refractivity contribution < 1.29 is 4.79 Å². The summed E-state index contributed by atoms with van der Waals surface area (Å²) in [5, 5.41) is 0. The van der Waals surface area contributed by atoms with Crippen LogP contribution in [0.25, 0.3) is 11.1 Å². The average molecular weight is 186 g/mol. The van der Waals surface area contributed by atoms with E-state index in [1.165, 1.54) is 0 Å². The van der Waals surface area contributed by atoms with Crippen LogP contribution < -0.4 is 5.73 Å². The molecule has 0 radical (unpaired) electrons. The molecular formula is C11H10N2O. The monoisotopic (exact) mass is 186 g/mol. The summed E-state index contributed by atoms with van der Waals surface area (Å²) in [7, 11) is 0. The Balaban J connectivity index is 2.58. The quantitative estimate of drug-likeness (QED) is 0.737. The van der Waals surface area contributed by atoms with Gasteiger partial charge in [0.05, 0.1) is 0 Å². The van der Waals surface area contributed by atoms with Crippen LogP contribution in [0.3, 0.4) is 0 Å². The number of primary amides is 1. The van der Waals surface area contributed by atoms with E-state index >= 15 is 0 Å². The number of aromatic amines is 1. The van der Waals surface area contributed by atoms with E-state index in [2.05, 4.69) is 4.98 Å². The number of H-pyrrole nitrogens is 1. The Kier molecular flexibility index (Phi) is 2.07. The number of nitrogens with two attached hydrogens (primary N) is 1. The fourth-order valence-corrected chi connectivity index (χ4v) is 1.44. The summed E-state index contributed by atoms with van der Waals surface area (Å²) >= 11 is 0. The first kappa shape index (κ1) is 8.56. The maximum atomic E-state index is 11.1. The van der Waals surface area contributed by atoms with E-state index in [4.69, 9.17) is 5.73 Å². The first-order valence-electron chi connectivity index (χ1n) is 4.31. The van der Waals surface area contributed by atoms with Crippen LogP contribution in [0.2, 0.25) is 0 Å². The highest BCUT2D eigenvalue weighted by molar-refractivity contribution is 5.99. The SMILES string of the molecule is NC(=O)c1ccccc1-c1cc[nH]c1. The highest BCUT2D eigenvalue weighted by atomic mass is 16.1. The van der Waals surface area contributed by atoms with Gasteiger partial charge in [0.25, 0.3) is 0 Å². The van der Waals surface area contributed by atoms with Gasteiger partial charge in [0.2, 0.25) is 5.91 Å². The molecule has 0 saturated heterocycles. The van der Waals surface area contributed by atoms with E-state index in [1.807, 2.05) is 30.6 Å². The van der Waals surface area contributed by atoms with Crippen LogP contribution in [0.5, 0.6) is 0 Å². The predicted octanol–water partition coefficient (Wildman–Crippen LogP) is 1.78. The molecule has 3 heteroatoms. The van der Waals surface area contributed by atoms with Gasteiger partial charge in [-0.2, -0.15) is 0 Å². The van der Waals surface area contributed by atoms with Crippen LogP contribution in [0.4, 0.5) is 0 Å². The van der Waals surface area contributed by atoms with Gasteiger partial charge in [-0.25, -0.2) is 0 Å². The van der Waals surface area contributed by atoms with Crippen molar-refractivity contribution in [2.45, 2.75) is 0 Å². The van der Waals surface area contributed by atoms with E-state index in [1.54, 1.807) is 12.1 Å². The number of carbonyl (C=O) groups excluding carboxylic acids is 1. The zero-order valence-electron chi connectivity index (χ0n) is 7.53. The fourth-order valence-electron chi connectivity index (χ4n) is 1.44. The van der Waals surface area contributed by atoms with Crippen molar-refractivity contribution in [2.24, 2.45) is 5.73 Å². The molecule has 1 aromatic carbocycles. The number of nitrogens with one attached hydrogen (secondary N) is 1. The van der Waals surface area contributed by atoms with Crippen molar-refractivity contribution in [3.8, 4) is 11.1 Å². The Morgan fingerprint density at radius 3 is 2.64 bits per heavy atom. The molecule has 3 nitrogen and oxygen atoms in total. The molecule has 0 aliphatic carbocycles. The molecule has 70 valence electrons. The Morgan fingerprint density at radius 1 is 1.21 bits per heavy atom. The number of aromatic nitrogens is 1. The highest BCUT2D eigenvalue weighted by Crippen LogP contribution is 2.22. The molecule has 3 N–H and O–H groups in total. The third-order valence-corrected chi connectivity index (χ3v) is 2.10. The second-order valence-corrected chi connectivity index (χ2v) is 3.01. The summed E-state index contributed by atoms with van der Waals surface area (Å²) in [5.41, 5.74) is 7.65. The van der Waals surface area contributed by atoms with Gasteiger partial charge < -0.3 is 10.7 Å². The van der Waals surface area contributed by atoms with Gasteiger partial charge in [-0.3, -0.25) is 4.79 Å². The number of rotatable bonds is 2. The number of benzene rings is 1. The van der Waals surface area contributed by atoms with Crippen molar-refractivity contribution in [1.29, 1.82) is 0 Å². The second kappa shape index (κ2) is 3.38. The van der Waals surface area contributed by atoms with Crippen LogP contribution in [-0.4, -0.2) is 10.9 Å². The van der Waals surface area contributed by atoms with Crippen molar-refractivity contribution in [3.05, 3.63) is 48.3 Å². The number of amides is 1. The molecule has 1 aromatic heterocycles. The summed E-state index contributed by atoms with van der Waals surface area (Å²) < 4.78 is 0. The normalized spacial score (nSPS) is 10.0. The van der Waals surface area contributed by atoms with Gasteiger partial charge in [0.15, 0.2) is 0 Å². The molecule has 0 spiro atoms. The second-order valence-electron chi connectivity index (χ2n) is 3.01. The lowest BCUT2D eigenvalue weighted by atomic mass is 10.0. The van der Waals surface area contributed by atoms with E-state index in [-0.39, 0.29) is 0 Å². The molecule has 0 bridgehead atoms. The van der Waals surface area contributed by atoms with Crippen LogP contribution in [0.1, 0.15) is 10.4 Å². The summed E-state index contributed by atoms with van der Waals surface area (Å²) in [6.07, 6.45) is 3.65. The van der Waals surface area contributed by atoms with Gasteiger partial charge in [-0.05, 0) is 23.3 Å². The molecule has 2 rings (SSSR count). The van der Waals surface area contributed by atoms with Crippen molar-refractivity contribution in [3.63, 3.8) is 0 Å². The zero-order chi connectivity index (χ0) is 9.97. The van der Waals surface area contributed by atoms with E-state index < -0.39 is 5.91 Å². The molecule has 1 heterocycles. The zero-order valence-corrected chi connectivity index (χ0v) is 7.53. The highest BCUT2D eigenvalue weighted by Gasteiger charge is 2.08. The van der Waals surface area contributed by atoms with Gasteiger partial charge in [0.1, 0.15) is 0 Å². The Hall–Kier alpha value is -2.03. The third kappa shape index (κ3) is 1.40. The minimum Gasteiger partial charge on any atom is -0.367 e. The standard InChI is InChI=1S/C11H10N2O/c12-11(14)10-4-2-1-3-9(10)8-5-6-13-7-8/h1-7,13H,(H2,12,14). The van der Waals surface area contributed by atoms with Crippen molar-refractivity contribution in [2.75, 3.05) is 0 Å². The predicted molar refractivity (Wildman–Crippen MR) is 54.7 cm³/mol. The number of hydrogen-bond acceptors (Lipinski definition) is 1. The molecule has 1 amide bonds. The molecule has 0 aliphatic rings. The van der Waals surface area contributed by atoms with Crippen LogP contribution in [0.15, 0.2) is 42.7 Å². The van der Waals surface area contributed by atoms with Gasteiger partial charge in [0, 0.05) is 18.0 Å². The average Bonchev–Trinajstić information content (AvgIpc) is 2.70. The molecular weight excluding hydrogens is 176 g/mol. The fraction of sp³-hybridized carbons (Fsp3) is 0. The molecule has 0 fully saturated rings. The van der Waals surface area contributed by atoms with Gasteiger partial charge in [-0.1, -0.05) is 18.2 Å². The molecule has 0 aliphatic heterocycles. The van der Waals surface area contributed by atoms with E-state index in [0.717, 1.165) is 11.1 Å². The Bertz CT molecular complexity index is 446. The molecule has 2 aromatic rings. The van der Waals surface area contributed by atoms with Crippen LogP contribution in [-0.2, 0) is 0 Å². The lowest BCUT2D eigenvalue weighted by Gasteiger charge is -2.03. The van der Waals surface area contributed by atoms with E-state index in [9.17, 15) is 4.79 Å². The van der Waals surface area contributed by atoms with Crippen molar-refractivity contribution in [1.82, 2.24) is 4.98 Å². The maximum absolute atomic E-state index is 11.1. The Labute approximate surface area is 81.6 Å². The van der Waals surface area contributed by atoms with Gasteiger partial charge >= 0.3 is 0 Å². The van der Waals surface area contributed by atoms with Crippen molar-refractivity contribution >= 4 is 5.91 Å². The van der Waals surface area contributed by atoms with Crippen LogP contribution >= 0.6 is 0 Å². The molecule has 0 saturated carbocycles. The van der Waals surface area contributed by atoms with E-state index in [0.29, 0.717) is 5.56 Å². The minimum absolute atomic E-state index is 0.401. The molecule has 0 unspecified atom stereocenters. The summed E-state index contributed by atoms with van der Waals surface area (Å²) in [5.74, 6) is -0.401. The number of carbonyl (C=O) groups is 1. The summed E-state index contributed by atoms with van der Waals surface area (Å²) in [6, 6.07) is 9.20. The largest absolute Gasteiger partial charge is 0.367 e. The smallest absolute Gasteiger partial charge is 0.249 e. The third-order valence-electron chi connectivity index (χ3n) is 2.10.